The van der Waals surface area contributed by atoms with Crippen molar-refractivity contribution in [2.45, 2.75) is 12.8 Å². The molecule has 0 atom stereocenters. The van der Waals surface area contributed by atoms with Crippen LogP contribution in [0.25, 0.3) is 0 Å². The largest absolute Gasteiger partial charge is 0.468 e. The van der Waals surface area contributed by atoms with E-state index in [2.05, 4.69) is 4.74 Å². The summed E-state index contributed by atoms with van der Waals surface area (Å²) >= 11 is 1.49. The SMILES string of the molecule is COC(=O)CSCCCC=O. The fourth-order valence-electron chi connectivity index (χ4n) is 0.483. The van der Waals surface area contributed by atoms with Gasteiger partial charge in [0.15, 0.2) is 0 Å². The molecule has 0 fully saturated rings. The first-order valence-corrected chi connectivity index (χ1v) is 4.55. The lowest BCUT2D eigenvalue weighted by Crippen LogP contribution is -2.03. The standard InChI is InChI=1S/C7H12O3S/c1-10-7(9)6-11-5-3-2-4-8/h4H,2-3,5-6H2,1H3. The van der Waals surface area contributed by atoms with Crippen LogP contribution in [0.5, 0.6) is 0 Å². The van der Waals surface area contributed by atoms with E-state index in [0.29, 0.717) is 12.2 Å². The van der Waals surface area contributed by atoms with Crippen molar-refractivity contribution in [2.75, 3.05) is 18.6 Å². The predicted octanol–water partition coefficient (Wildman–Crippen LogP) is 0.872. The molecule has 0 saturated heterocycles. The highest BCUT2D eigenvalue weighted by Gasteiger charge is 1.98. The Morgan fingerprint density at radius 1 is 1.64 bits per heavy atom. The maximum Gasteiger partial charge on any atom is 0.315 e. The summed E-state index contributed by atoms with van der Waals surface area (Å²) in [5.41, 5.74) is 0. The van der Waals surface area contributed by atoms with Gasteiger partial charge in [0.1, 0.15) is 6.29 Å². The zero-order chi connectivity index (χ0) is 8.53. The van der Waals surface area contributed by atoms with Crippen LogP contribution in [0.15, 0.2) is 0 Å². The molecule has 4 heteroatoms. The molecule has 0 amide bonds. The van der Waals surface area contributed by atoms with Crippen LogP contribution in [0.4, 0.5) is 0 Å². The van der Waals surface area contributed by atoms with Crippen molar-refractivity contribution in [3.05, 3.63) is 0 Å². The monoisotopic (exact) mass is 176 g/mol. The van der Waals surface area contributed by atoms with E-state index in [9.17, 15) is 9.59 Å². The van der Waals surface area contributed by atoms with Gasteiger partial charge in [-0.1, -0.05) is 0 Å². The minimum absolute atomic E-state index is 0.207. The van der Waals surface area contributed by atoms with E-state index in [0.717, 1.165) is 18.5 Å². The summed E-state index contributed by atoms with van der Waals surface area (Å²) in [4.78, 5) is 20.4. The average molecular weight is 176 g/mol. The van der Waals surface area contributed by atoms with Gasteiger partial charge in [0.25, 0.3) is 0 Å². The van der Waals surface area contributed by atoms with Gasteiger partial charge in [-0.2, -0.15) is 11.8 Å². The van der Waals surface area contributed by atoms with Crippen LogP contribution >= 0.6 is 11.8 Å². The van der Waals surface area contributed by atoms with Crippen LogP contribution in [-0.4, -0.2) is 30.9 Å². The summed E-state index contributed by atoms with van der Waals surface area (Å²) in [6.45, 7) is 0. The highest BCUT2D eigenvalue weighted by atomic mass is 32.2. The molecule has 0 aliphatic carbocycles. The van der Waals surface area contributed by atoms with Gasteiger partial charge in [0.05, 0.1) is 12.9 Å². The summed E-state index contributed by atoms with van der Waals surface area (Å²) in [7, 11) is 1.37. The number of carbonyl (C=O) groups excluding carboxylic acids is 2. The molecule has 0 saturated carbocycles. The fraction of sp³-hybridized carbons (Fsp3) is 0.714. The van der Waals surface area contributed by atoms with E-state index >= 15 is 0 Å². The van der Waals surface area contributed by atoms with Gasteiger partial charge >= 0.3 is 5.97 Å². The number of hydrogen-bond donors (Lipinski definition) is 0. The van der Waals surface area contributed by atoms with Gasteiger partial charge in [0, 0.05) is 6.42 Å². The third kappa shape index (κ3) is 7.39. The minimum atomic E-state index is -0.207. The van der Waals surface area contributed by atoms with E-state index in [1.807, 2.05) is 0 Å². The van der Waals surface area contributed by atoms with Crippen LogP contribution in [0.1, 0.15) is 12.8 Å². The van der Waals surface area contributed by atoms with Gasteiger partial charge in [-0.15, -0.1) is 0 Å². The van der Waals surface area contributed by atoms with Crippen LogP contribution in [0.3, 0.4) is 0 Å². The molecule has 64 valence electrons. The van der Waals surface area contributed by atoms with Crippen molar-refractivity contribution in [3.8, 4) is 0 Å². The summed E-state index contributed by atoms with van der Waals surface area (Å²) in [6, 6.07) is 0. The zero-order valence-electron chi connectivity index (χ0n) is 6.54. The minimum Gasteiger partial charge on any atom is -0.468 e. The molecule has 11 heavy (non-hydrogen) atoms. The molecule has 0 heterocycles. The first kappa shape index (κ1) is 10.5. The van der Waals surface area contributed by atoms with E-state index in [1.165, 1.54) is 18.9 Å². The Kier molecular flexibility index (Phi) is 7.24. The fourth-order valence-corrected chi connectivity index (χ4v) is 1.28. The maximum atomic E-state index is 10.5. The Morgan fingerprint density at radius 3 is 2.91 bits per heavy atom. The predicted molar refractivity (Wildman–Crippen MR) is 44.6 cm³/mol. The highest BCUT2D eigenvalue weighted by molar-refractivity contribution is 7.99. The van der Waals surface area contributed by atoms with Crippen molar-refractivity contribution in [3.63, 3.8) is 0 Å². The molecule has 0 spiro atoms. The Morgan fingerprint density at radius 2 is 2.36 bits per heavy atom. The van der Waals surface area contributed by atoms with Crippen molar-refractivity contribution in [2.24, 2.45) is 0 Å². The average Bonchev–Trinajstić information content (AvgIpc) is 2.04. The zero-order valence-corrected chi connectivity index (χ0v) is 7.36. The second-order valence-corrected chi connectivity index (χ2v) is 3.04. The van der Waals surface area contributed by atoms with Crippen molar-refractivity contribution >= 4 is 24.0 Å². The van der Waals surface area contributed by atoms with Crippen molar-refractivity contribution in [1.82, 2.24) is 0 Å². The second kappa shape index (κ2) is 7.60. The molecule has 0 aromatic carbocycles. The van der Waals surface area contributed by atoms with Crippen LogP contribution < -0.4 is 0 Å². The molecule has 0 aliphatic rings. The summed E-state index contributed by atoms with van der Waals surface area (Å²) in [5, 5.41) is 0. The summed E-state index contributed by atoms with van der Waals surface area (Å²) in [5.74, 6) is 1.02. The molecule has 0 bridgehead atoms. The van der Waals surface area contributed by atoms with E-state index < -0.39 is 0 Å². The van der Waals surface area contributed by atoms with Crippen LogP contribution in [-0.2, 0) is 14.3 Å². The molecule has 0 aromatic heterocycles. The van der Waals surface area contributed by atoms with Gasteiger partial charge in [-0.25, -0.2) is 0 Å². The molecule has 0 rings (SSSR count). The Labute approximate surface area is 70.5 Å². The van der Waals surface area contributed by atoms with Crippen molar-refractivity contribution in [1.29, 1.82) is 0 Å². The highest BCUT2D eigenvalue weighted by Crippen LogP contribution is 2.03. The number of esters is 1. The van der Waals surface area contributed by atoms with Gasteiger partial charge in [-0.05, 0) is 12.2 Å². The third-order valence-electron chi connectivity index (χ3n) is 1.06. The number of aldehydes is 1. The van der Waals surface area contributed by atoms with Gasteiger partial charge in [-0.3, -0.25) is 4.79 Å². The lowest BCUT2D eigenvalue weighted by Gasteiger charge is -1.97. The quantitative estimate of drug-likeness (QED) is 0.342. The third-order valence-corrected chi connectivity index (χ3v) is 2.08. The van der Waals surface area contributed by atoms with Crippen LogP contribution in [0.2, 0.25) is 0 Å². The van der Waals surface area contributed by atoms with E-state index in [4.69, 9.17) is 0 Å². The molecular weight excluding hydrogens is 164 g/mol. The number of hydrogen-bond acceptors (Lipinski definition) is 4. The molecular formula is C7H12O3S. The van der Waals surface area contributed by atoms with Gasteiger partial charge in [0.2, 0.25) is 0 Å². The summed E-state index contributed by atoms with van der Waals surface area (Å²) in [6.07, 6.45) is 2.30. The maximum absolute atomic E-state index is 10.5. The first-order valence-electron chi connectivity index (χ1n) is 3.39. The first-order chi connectivity index (χ1) is 5.31. The number of thioether (sulfide) groups is 1. The molecule has 0 aliphatic heterocycles. The molecule has 0 aromatic rings. The Bertz CT molecular complexity index is 125. The molecule has 3 nitrogen and oxygen atoms in total. The smallest absolute Gasteiger partial charge is 0.315 e. The number of ether oxygens (including phenoxy) is 1. The van der Waals surface area contributed by atoms with Crippen LogP contribution in [0, 0.1) is 0 Å². The molecule has 0 radical (unpaired) electrons. The Balaban J connectivity index is 3.01. The molecule has 0 N–H and O–H groups in total. The lowest BCUT2D eigenvalue weighted by atomic mass is 10.4. The van der Waals surface area contributed by atoms with Gasteiger partial charge < -0.3 is 9.53 Å². The second-order valence-electron chi connectivity index (χ2n) is 1.94. The topological polar surface area (TPSA) is 43.4 Å². The Hall–Kier alpha value is -0.510. The number of methoxy groups -OCH3 is 1. The number of unbranched alkanes of at least 4 members (excludes halogenated alkanes) is 1. The number of rotatable bonds is 6. The number of carbonyl (C=O) groups is 2. The normalized spacial score (nSPS) is 9.18. The van der Waals surface area contributed by atoms with E-state index in [1.54, 1.807) is 0 Å². The van der Waals surface area contributed by atoms with E-state index in [-0.39, 0.29) is 5.97 Å². The lowest BCUT2D eigenvalue weighted by molar-refractivity contribution is -0.137. The molecule has 0 unspecified atom stereocenters. The van der Waals surface area contributed by atoms with Crippen molar-refractivity contribution < 1.29 is 14.3 Å². The summed E-state index contributed by atoms with van der Waals surface area (Å²) < 4.78 is 4.43.